The fourth-order valence-corrected chi connectivity index (χ4v) is 4.98. The molecule has 6 rings (SSSR count). The summed E-state index contributed by atoms with van der Waals surface area (Å²) in [5.74, 6) is -1.31. The van der Waals surface area contributed by atoms with E-state index in [9.17, 15) is 24.0 Å². The van der Waals surface area contributed by atoms with Crippen LogP contribution in [-0.2, 0) is 29.1 Å². The molecule has 3 aliphatic rings. The van der Waals surface area contributed by atoms with Gasteiger partial charge >= 0.3 is 0 Å². The lowest BCUT2D eigenvalue weighted by Gasteiger charge is -2.29. The van der Waals surface area contributed by atoms with E-state index in [1.54, 1.807) is 35.4 Å². The molecule has 0 radical (unpaired) electrons. The van der Waals surface area contributed by atoms with Crippen LogP contribution in [-0.4, -0.2) is 66.0 Å². The number of rotatable bonds is 3. The molecule has 3 aromatic rings. The summed E-state index contributed by atoms with van der Waals surface area (Å²) in [4.78, 5) is 67.1. The Kier molecular flexibility index (Phi) is 5.02. The van der Waals surface area contributed by atoms with Gasteiger partial charge in [-0.15, -0.1) is 5.10 Å². The van der Waals surface area contributed by atoms with Crippen LogP contribution < -0.4 is 10.9 Å². The minimum atomic E-state index is -0.686. The van der Waals surface area contributed by atoms with Crippen molar-refractivity contribution in [2.45, 2.75) is 38.4 Å². The van der Waals surface area contributed by atoms with E-state index in [4.69, 9.17) is 0 Å². The van der Waals surface area contributed by atoms with Gasteiger partial charge in [-0.25, -0.2) is 4.68 Å². The summed E-state index contributed by atoms with van der Waals surface area (Å²) in [5, 5.41) is 10.5. The normalized spacial score (nSPS) is 19.2. The minimum Gasteiger partial charge on any atom is -0.332 e. The number of nitrogens with one attached hydrogen (secondary N) is 2. The summed E-state index contributed by atoms with van der Waals surface area (Å²) >= 11 is 0. The molecule has 0 bridgehead atoms. The molecule has 0 aliphatic carbocycles. The smallest absolute Gasteiger partial charge is 0.276 e. The lowest BCUT2D eigenvalue weighted by molar-refractivity contribution is -0.136. The Morgan fingerprint density at radius 2 is 1.86 bits per heavy atom. The Morgan fingerprint density at radius 3 is 2.69 bits per heavy atom. The van der Waals surface area contributed by atoms with Gasteiger partial charge in [-0.2, -0.15) is 0 Å². The van der Waals surface area contributed by atoms with Crippen molar-refractivity contribution in [3.63, 3.8) is 0 Å². The first-order valence-corrected chi connectivity index (χ1v) is 11.6. The molecule has 1 aromatic carbocycles. The number of fused-ring (bicyclic) bond motifs is 2. The zero-order valence-corrected chi connectivity index (χ0v) is 19.1. The van der Waals surface area contributed by atoms with Crippen LogP contribution in [0.15, 0.2) is 41.3 Å². The van der Waals surface area contributed by atoms with E-state index in [0.717, 1.165) is 16.8 Å². The second-order valence-electron chi connectivity index (χ2n) is 9.09. The van der Waals surface area contributed by atoms with Gasteiger partial charge in [-0.3, -0.25) is 29.3 Å². The Morgan fingerprint density at radius 1 is 1.00 bits per heavy atom. The number of carbonyl (C=O) groups excluding carboxylic acids is 4. The molecule has 2 aromatic heterocycles. The van der Waals surface area contributed by atoms with Crippen molar-refractivity contribution < 1.29 is 19.2 Å². The van der Waals surface area contributed by atoms with Crippen molar-refractivity contribution >= 4 is 23.6 Å². The topological polar surface area (TPSA) is 150 Å². The van der Waals surface area contributed by atoms with Gasteiger partial charge in [-0.05, 0) is 35.7 Å². The van der Waals surface area contributed by atoms with Gasteiger partial charge in [-0.1, -0.05) is 11.3 Å². The molecular weight excluding hydrogens is 466 g/mol. The molecule has 4 amide bonds. The van der Waals surface area contributed by atoms with E-state index in [-0.39, 0.29) is 41.9 Å². The van der Waals surface area contributed by atoms with E-state index in [0.29, 0.717) is 37.2 Å². The molecule has 36 heavy (non-hydrogen) atoms. The molecule has 1 fully saturated rings. The van der Waals surface area contributed by atoms with Gasteiger partial charge in [0.2, 0.25) is 17.4 Å². The molecule has 0 saturated carbocycles. The predicted octanol–water partition coefficient (Wildman–Crippen LogP) is -0.0849. The highest BCUT2D eigenvalue weighted by atomic mass is 16.2. The van der Waals surface area contributed by atoms with Gasteiger partial charge in [0.15, 0.2) is 5.69 Å². The largest absolute Gasteiger partial charge is 0.332 e. The molecule has 5 heterocycles. The van der Waals surface area contributed by atoms with Crippen LogP contribution in [0, 0.1) is 0 Å². The monoisotopic (exact) mass is 487 g/mol. The average Bonchev–Trinajstić information content (AvgIpc) is 3.48. The number of piperidine rings is 1. The van der Waals surface area contributed by atoms with E-state index in [1.165, 1.54) is 15.6 Å². The van der Waals surface area contributed by atoms with Crippen LogP contribution in [0.25, 0.3) is 5.69 Å². The zero-order valence-electron chi connectivity index (χ0n) is 19.1. The Labute approximate surface area is 203 Å². The SMILES string of the molecule is O=C1CCC(N2Cc3cc(-n4cc(C(=O)N5CCc6[nH]c(=O)ccc6C5)nn4)ccc3C2=O)C(=O)N1. The molecule has 12 heteroatoms. The summed E-state index contributed by atoms with van der Waals surface area (Å²) in [6.45, 7) is 1.06. The highest BCUT2D eigenvalue weighted by Gasteiger charge is 2.39. The molecule has 3 aliphatic heterocycles. The van der Waals surface area contributed by atoms with Crippen molar-refractivity contribution in [2.24, 2.45) is 0 Å². The number of hydrogen-bond donors (Lipinski definition) is 2. The lowest BCUT2D eigenvalue weighted by atomic mass is 10.0. The molecule has 1 unspecified atom stereocenters. The van der Waals surface area contributed by atoms with Gasteiger partial charge in [0.05, 0.1) is 11.9 Å². The maximum absolute atomic E-state index is 13.0. The van der Waals surface area contributed by atoms with E-state index in [1.807, 2.05) is 0 Å². The quantitative estimate of drug-likeness (QED) is 0.490. The lowest BCUT2D eigenvalue weighted by Crippen LogP contribution is -2.52. The number of aromatic nitrogens is 4. The Bertz CT molecular complexity index is 1510. The number of benzene rings is 1. The van der Waals surface area contributed by atoms with Crippen LogP contribution in [0.5, 0.6) is 0 Å². The third kappa shape index (κ3) is 3.67. The van der Waals surface area contributed by atoms with Gasteiger partial charge in [0.25, 0.3) is 11.8 Å². The van der Waals surface area contributed by atoms with Gasteiger partial charge in [0.1, 0.15) is 6.04 Å². The third-order valence-corrected chi connectivity index (χ3v) is 6.86. The molecule has 1 saturated heterocycles. The Hall–Kier alpha value is -4.61. The molecule has 1 atom stereocenters. The fraction of sp³-hybridized carbons (Fsp3) is 0.292. The predicted molar refractivity (Wildman–Crippen MR) is 123 cm³/mol. The summed E-state index contributed by atoms with van der Waals surface area (Å²) < 4.78 is 1.47. The standard InChI is InChI=1S/C24H21N7O5/c32-20-5-1-13-10-29(8-7-17(13)25-20)24(36)18-12-31(28-27-18)15-2-3-16-14(9-15)11-30(23(16)35)19-4-6-21(33)26-22(19)34/h1-3,5,9,12,19H,4,6-8,10-11H2,(H,25,32)(H,26,33,34). The van der Waals surface area contributed by atoms with E-state index in [2.05, 4.69) is 20.6 Å². The number of carbonyl (C=O) groups is 4. The summed E-state index contributed by atoms with van der Waals surface area (Å²) in [7, 11) is 0. The Balaban J connectivity index is 1.19. The second-order valence-corrected chi connectivity index (χ2v) is 9.09. The van der Waals surface area contributed by atoms with Crippen LogP contribution in [0.4, 0.5) is 0 Å². The molecule has 182 valence electrons. The summed E-state index contributed by atoms with van der Waals surface area (Å²) in [6, 6.07) is 7.66. The fourth-order valence-electron chi connectivity index (χ4n) is 4.98. The highest BCUT2D eigenvalue weighted by molar-refractivity contribution is 6.05. The van der Waals surface area contributed by atoms with Crippen molar-refractivity contribution in [1.82, 2.24) is 35.1 Å². The van der Waals surface area contributed by atoms with Crippen LogP contribution in [0.1, 0.15) is 50.5 Å². The summed E-state index contributed by atoms with van der Waals surface area (Å²) in [5.41, 5.74) is 3.61. The molecule has 0 spiro atoms. The second kappa shape index (κ2) is 8.26. The first kappa shape index (κ1) is 21.9. The number of imide groups is 1. The first-order valence-electron chi connectivity index (χ1n) is 11.6. The van der Waals surface area contributed by atoms with Gasteiger partial charge in [0, 0.05) is 49.8 Å². The molecule has 12 nitrogen and oxygen atoms in total. The van der Waals surface area contributed by atoms with E-state index < -0.39 is 11.9 Å². The van der Waals surface area contributed by atoms with Crippen LogP contribution in [0.3, 0.4) is 0 Å². The van der Waals surface area contributed by atoms with E-state index >= 15 is 0 Å². The number of pyridine rings is 1. The van der Waals surface area contributed by atoms with Crippen molar-refractivity contribution in [3.8, 4) is 5.69 Å². The maximum atomic E-state index is 13.0. The van der Waals surface area contributed by atoms with Crippen molar-refractivity contribution in [3.05, 3.63) is 75.0 Å². The number of nitrogens with zero attached hydrogens (tertiary/aromatic N) is 5. The van der Waals surface area contributed by atoms with Crippen LogP contribution in [0.2, 0.25) is 0 Å². The average molecular weight is 487 g/mol. The number of hydrogen-bond acceptors (Lipinski definition) is 7. The number of amides is 4. The summed E-state index contributed by atoms with van der Waals surface area (Å²) in [6.07, 6.45) is 2.58. The van der Waals surface area contributed by atoms with Crippen molar-refractivity contribution in [2.75, 3.05) is 6.54 Å². The van der Waals surface area contributed by atoms with Gasteiger partial charge < -0.3 is 14.8 Å². The maximum Gasteiger partial charge on any atom is 0.276 e. The third-order valence-electron chi connectivity index (χ3n) is 6.86. The zero-order chi connectivity index (χ0) is 25.0. The highest BCUT2D eigenvalue weighted by Crippen LogP contribution is 2.29. The first-order chi connectivity index (χ1) is 17.4. The molecular formula is C24H21N7O5. The van der Waals surface area contributed by atoms with Crippen LogP contribution >= 0.6 is 0 Å². The molecule has 2 N–H and O–H groups in total. The van der Waals surface area contributed by atoms with Crippen molar-refractivity contribution in [1.29, 1.82) is 0 Å². The minimum absolute atomic E-state index is 0.159. The number of H-pyrrole nitrogens is 1. The number of aromatic amines is 1.